The zero-order valence-electron chi connectivity index (χ0n) is 13.1. The first kappa shape index (κ1) is 14.5. The van der Waals surface area contributed by atoms with Gasteiger partial charge in [-0.05, 0) is 30.7 Å². The maximum absolute atomic E-state index is 12.0. The number of para-hydroxylation sites is 1. The lowest BCUT2D eigenvalue weighted by Gasteiger charge is -2.13. The van der Waals surface area contributed by atoms with Gasteiger partial charge in [0.2, 0.25) is 5.91 Å². The summed E-state index contributed by atoms with van der Waals surface area (Å²) in [5, 5.41) is 2.87. The molecule has 24 heavy (non-hydrogen) atoms. The standard InChI is InChI=1S/C19H17N3O2/c23-19-17(9-10-21-19)22-12-11-20-18(22)14-5-4-8-16(13-14)24-15-6-2-1-3-7-15/h1-8,11-13,17H,9-10H2,(H,21,23)/t17-/m0/s1. The first-order valence-electron chi connectivity index (χ1n) is 7.95. The minimum Gasteiger partial charge on any atom is -0.457 e. The predicted molar refractivity (Wildman–Crippen MR) is 90.8 cm³/mol. The van der Waals surface area contributed by atoms with E-state index < -0.39 is 0 Å². The van der Waals surface area contributed by atoms with E-state index in [9.17, 15) is 4.79 Å². The smallest absolute Gasteiger partial charge is 0.243 e. The zero-order chi connectivity index (χ0) is 16.4. The van der Waals surface area contributed by atoms with E-state index in [0.29, 0.717) is 6.54 Å². The van der Waals surface area contributed by atoms with Crippen molar-refractivity contribution in [1.82, 2.24) is 14.9 Å². The molecule has 1 amide bonds. The van der Waals surface area contributed by atoms with Gasteiger partial charge < -0.3 is 14.6 Å². The summed E-state index contributed by atoms with van der Waals surface area (Å²) in [7, 11) is 0. The predicted octanol–water partition coefficient (Wildman–Crippen LogP) is 3.40. The topological polar surface area (TPSA) is 56.2 Å². The lowest BCUT2D eigenvalue weighted by molar-refractivity contribution is -0.121. The van der Waals surface area contributed by atoms with Crippen LogP contribution in [0.25, 0.3) is 11.4 Å². The van der Waals surface area contributed by atoms with E-state index in [1.807, 2.05) is 65.4 Å². The molecule has 0 unspecified atom stereocenters. The van der Waals surface area contributed by atoms with Crippen molar-refractivity contribution < 1.29 is 9.53 Å². The normalized spacial score (nSPS) is 16.8. The van der Waals surface area contributed by atoms with Gasteiger partial charge in [0.25, 0.3) is 0 Å². The van der Waals surface area contributed by atoms with E-state index in [0.717, 1.165) is 29.3 Å². The maximum atomic E-state index is 12.0. The van der Waals surface area contributed by atoms with Crippen LogP contribution in [0.2, 0.25) is 0 Å². The molecule has 0 spiro atoms. The molecule has 1 atom stereocenters. The summed E-state index contributed by atoms with van der Waals surface area (Å²) in [4.78, 5) is 16.4. The summed E-state index contributed by atoms with van der Waals surface area (Å²) in [5.41, 5.74) is 0.924. The number of nitrogens with one attached hydrogen (secondary N) is 1. The second-order valence-electron chi connectivity index (χ2n) is 5.70. The molecule has 120 valence electrons. The van der Waals surface area contributed by atoms with Crippen molar-refractivity contribution in [3.8, 4) is 22.9 Å². The van der Waals surface area contributed by atoms with Crippen LogP contribution in [0, 0.1) is 0 Å². The van der Waals surface area contributed by atoms with E-state index in [1.54, 1.807) is 6.20 Å². The summed E-state index contributed by atoms with van der Waals surface area (Å²) in [6.07, 6.45) is 4.36. The van der Waals surface area contributed by atoms with Gasteiger partial charge in [0.1, 0.15) is 23.4 Å². The molecule has 2 heterocycles. The minimum absolute atomic E-state index is 0.0472. The maximum Gasteiger partial charge on any atom is 0.243 e. The Morgan fingerprint density at radius 1 is 1.08 bits per heavy atom. The number of aromatic nitrogens is 2. The van der Waals surface area contributed by atoms with Crippen molar-refractivity contribution in [3.63, 3.8) is 0 Å². The van der Waals surface area contributed by atoms with Gasteiger partial charge in [-0.25, -0.2) is 4.98 Å². The van der Waals surface area contributed by atoms with E-state index in [-0.39, 0.29) is 11.9 Å². The van der Waals surface area contributed by atoms with Gasteiger partial charge in [0.05, 0.1) is 0 Å². The van der Waals surface area contributed by atoms with Gasteiger partial charge >= 0.3 is 0 Å². The zero-order valence-corrected chi connectivity index (χ0v) is 13.1. The summed E-state index contributed by atoms with van der Waals surface area (Å²) in [6, 6.07) is 17.2. The van der Waals surface area contributed by atoms with Crippen LogP contribution in [0.3, 0.4) is 0 Å². The average Bonchev–Trinajstić information content (AvgIpc) is 3.24. The molecule has 1 aromatic heterocycles. The molecule has 2 aromatic carbocycles. The third kappa shape index (κ3) is 2.76. The number of ether oxygens (including phenoxy) is 1. The first-order chi connectivity index (χ1) is 11.8. The van der Waals surface area contributed by atoms with Gasteiger partial charge in [-0.15, -0.1) is 0 Å². The number of nitrogens with zero attached hydrogens (tertiary/aromatic N) is 2. The number of benzene rings is 2. The molecule has 1 aliphatic rings. The highest BCUT2D eigenvalue weighted by atomic mass is 16.5. The largest absolute Gasteiger partial charge is 0.457 e. The molecule has 1 aliphatic heterocycles. The fourth-order valence-corrected chi connectivity index (χ4v) is 2.96. The molecule has 0 bridgehead atoms. The Hall–Kier alpha value is -3.08. The Morgan fingerprint density at radius 2 is 1.92 bits per heavy atom. The van der Waals surface area contributed by atoms with Gasteiger partial charge in [-0.3, -0.25) is 4.79 Å². The number of amides is 1. The quantitative estimate of drug-likeness (QED) is 0.802. The summed E-state index contributed by atoms with van der Waals surface area (Å²) in [5.74, 6) is 2.35. The van der Waals surface area contributed by atoms with Crippen LogP contribution in [0.4, 0.5) is 0 Å². The molecule has 5 heteroatoms. The van der Waals surface area contributed by atoms with Crippen molar-refractivity contribution in [1.29, 1.82) is 0 Å². The van der Waals surface area contributed by atoms with Crippen molar-refractivity contribution in [2.45, 2.75) is 12.5 Å². The van der Waals surface area contributed by atoms with Gasteiger partial charge in [0, 0.05) is 24.5 Å². The lowest BCUT2D eigenvalue weighted by atomic mass is 10.1. The second kappa shape index (κ2) is 6.20. The Morgan fingerprint density at radius 3 is 2.71 bits per heavy atom. The molecule has 0 aliphatic carbocycles. The molecule has 0 radical (unpaired) electrons. The molecule has 1 saturated heterocycles. The van der Waals surface area contributed by atoms with Crippen LogP contribution in [0.5, 0.6) is 11.5 Å². The molecule has 3 aromatic rings. The van der Waals surface area contributed by atoms with E-state index in [4.69, 9.17) is 4.74 Å². The summed E-state index contributed by atoms with van der Waals surface area (Å²) in [6.45, 7) is 0.707. The minimum atomic E-state index is -0.193. The fraction of sp³-hybridized carbons (Fsp3) is 0.158. The van der Waals surface area contributed by atoms with Crippen LogP contribution < -0.4 is 10.1 Å². The number of hydrogen-bond acceptors (Lipinski definition) is 3. The van der Waals surface area contributed by atoms with Crippen molar-refractivity contribution in [2.24, 2.45) is 0 Å². The van der Waals surface area contributed by atoms with Crippen LogP contribution in [0.15, 0.2) is 67.0 Å². The summed E-state index contributed by atoms with van der Waals surface area (Å²) >= 11 is 0. The van der Waals surface area contributed by atoms with Crippen LogP contribution in [-0.4, -0.2) is 22.0 Å². The highest BCUT2D eigenvalue weighted by Crippen LogP contribution is 2.29. The Bertz CT molecular complexity index is 858. The third-order valence-electron chi connectivity index (χ3n) is 4.10. The second-order valence-corrected chi connectivity index (χ2v) is 5.70. The molecule has 0 saturated carbocycles. The van der Waals surface area contributed by atoms with Gasteiger partial charge in [-0.1, -0.05) is 30.3 Å². The van der Waals surface area contributed by atoms with Gasteiger partial charge in [0.15, 0.2) is 0 Å². The highest BCUT2D eigenvalue weighted by molar-refractivity contribution is 5.83. The SMILES string of the molecule is O=C1NCC[C@@H]1n1ccnc1-c1cccc(Oc2ccccc2)c1. The fourth-order valence-electron chi connectivity index (χ4n) is 2.96. The van der Waals surface area contributed by atoms with E-state index in [1.165, 1.54) is 0 Å². The first-order valence-corrected chi connectivity index (χ1v) is 7.95. The molecular formula is C19H17N3O2. The van der Waals surface area contributed by atoms with E-state index >= 15 is 0 Å². The number of imidazole rings is 1. The Labute approximate surface area is 139 Å². The van der Waals surface area contributed by atoms with Crippen molar-refractivity contribution in [3.05, 3.63) is 67.0 Å². The average molecular weight is 319 g/mol. The lowest BCUT2D eigenvalue weighted by Crippen LogP contribution is -2.21. The number of rotatable bonds is 4. The molecule has 1 N–H and O–H groups in total. The Balaban J connectivity index is 1.65. The van der Waals surface area contributed by atoms with E-state index in [2.05, 4.69) is 10.3 Å². The van der Waals surface area contributed by atoms with Crippen LogP contribution in [-0.2, 0) is 4.79 Å². The summed E-state index contributed by atoms with van der Waals surface area (Å²) < 4.78 is 7.82. The highest BCUT2D eigenvalue weighted by Gasteiger charge is 2.27. The van der Waals surface area contributed by atoms with Crippen molar-refractivity contribution in [2.75, 3.05) is 6.54 Å². The van der Waals surface area contributed by atoms with Gasteiger partial charge in [-0.2, -0.15) is 0 Å². The molecular weight excluding hydrogens is 302 g/mol. The molecule has 4 rings (SSSR count). The Kier molecular flexibility index (Phi) is 3.75. The number of carbonyl (C=O) groups excluding carboxylic acids is 1. The monoisotopic (exact) mass is 319 g/mol. The van der Waals surface area contributed by atoms with Crippen LogP contribution >= 0.6 is 0 Å². The number of carbonyl (C=O) groups is 1. The third-order valence-corrected chi connectivity index (χ3v) is 4.10. The molecule has 1 fully saturated rings. The van der Waals surface area contributed by atoms with Crippen molar-refractivity contribution >= 4 is 5.91 Å². The molecule has 5 nitrogen and oxygen atoms in total. The number of hydrogen-bond donors (Lipinski definition) is 1. The van der Waals surface area contributed by atoms with Crippen LogP contribution in [0.1, 0.15) is 12.5 Å².